The minimum absolute atomic E-state index is 0. The maximum atomic E-state index is 4.46. The highest BCUT2D eigenvalue weighted by atomic mass is 32.1. The van der Waals surface area contributed by atoms with Gasteiger partial charge in [0.15, 0.2) is 0 Å². The molecule has 0 bridgehead atoms. The minimum Gasteiger partial charge on any atom is -0.287 e. The van der Waals surface area contributed by atoms with Gasteiger partial charge in [0.2, 0.25) is 0 Å². The molecule has 0 aliphatic heterocycles. The fourth-order valence-electron chi connectivity index (χ4n) is 1.19. The van der Waals surface area contributed by atoms with E-state index in [2.05, 4.69) is 24.0 Å². The summed E-state index contributed by atoms with van der Waals surface area (Å²) >= 11 is 0. The zero-order valence-corrected chi connectivity index (χ0v) is 9.41. The predicted octanol–water partition coefficient (Wildman–Crippen LogP) is 3.34. The number of benzene rings is 1. The third-order valence-electron chi connectivity index (χ3n) is 1.73. The number of hydrogen-bond acceptors (Lipinski definition) is 1. The first kappa shape index (κ1) is 12.2. The lowest BCUT2D eigenvalue weighted by Crippen LogP contribution is -1.92. The molecule has 0 aromatic heterocycles. The summed E-state index contributed by atoms with van der Waals surface area (Å²) in [5.74, 6) is 0. The first-order valence-electron chi connectivity index (χ1n) is 4.26. The third-order valence-corrected chi connectivity index (χ3v) is 1.73. The van der Waals surface area contributed by atoms with Crippen LogP contribution < -0.4 is 0 Å². The Balaban J connectivity index is 0.00000144. The molecule has 0 fully saturated rings. The summed E-state index contributed by atoms with van der Waals surface area (Å²) in [7, 11) is 0. The first-order chi connectivity index (χ1) is 5.70. The van der Waals surface area contributed by atoms with Gasteiger partial charge in [0.05, 0.1) is 6.04 Å². The molecule has 0 spiro atoms. The van der Waals surface area contributed by atoms with Crippen molar-refractivity contribution < 1.29 is 0 Å². The van der Waals surface area contributed by atoms with Gasteiger partial charge in [-0.1, -0.05) is 30.3 Å². The number of nitrogens with zero attached hydrogens (tertiary/aromatic N) is 1. The topological polar surface area (TPSA) is 12.4 Å². The summed E-state index contributed by atoms with van der Waals surface area (Å²) in [5.41, 5.74) is 2.41. The van der Waals surface area contributed by atoms with Crippen molar-refractivity contribution in [3.63, 3.8) is 0 Å². The summed E-state index contributed by atoms with van der Waals surface area (Å²) in [6.07, 6.45) is 0. The largest absolute Gasteiger partial charge is 0.287 e. The van der Waals surface area contributed by atoms with E-state index in [-0.39, 0.29) is 19.5 Å². The van der Waals surface area contributed by atoms with Crippen LogP contribution in [-0.4, -0.2) is 5.71 Å². The summed E-state index contributed by atoms with van der Waals surface area (Å²) in [6.45, 7) is 6.17. The van der Waals surface area contributed by atoms with Gasteiger partial charge in [0.1, 0.15) is 0 Å². The van der Waals surface area contributed by atoms with E-state index in [0.717, 1.165) is 5.71 Å². The fourth-order valence-corrected chi connectivity index (χ4v) is 1.19. The Hall–Kier alpha value is -0.760. The highest BCUT2D eigenvalue weighted by Gasteiger charge is 2.00. The maximum absolute atomic E-state index is 4.46. The Morgan fingerprint density at radius 2 is 1.69 bits per heavy atom. The molecule has 1 atom stereocenters. The molecule has 0 saturated heterocycles. The number of aliphatic imine (C=N–C) groups is 1. The molecule has 0 aliphatic carbocycles. The van der Waals surface area contributed by atoms with Crippen LogP contribution in [0, 0.1) is 0 Å². The van der Waals surface area contributed by atoms with E-state index < -0.39 is 0 Å². The monoisotopic (exact) mass is 195 g/mol. The molecule has 0 heterocycles. The van der Waals surface area contributed by atoms with E-state index in [9.17, 15) is 0 Å². The van der Waals surface area contributed by atoms with Crippen LogP contribution in [0.15, 0.2) is 35.3 Å². The molecular formula is C11H17NS. The summed E-state index contributed by atoms with van der Waals surface area (Å²) < 4.78 is 0. The van der Waals surface area contributed by atoms with Crippen LogP contribution in [0.25, 0.3) is 0 Å². The maximum Gasteiger partial charge on any atom is 0.0719 e. The lowest BCUT2D eigenvalue weighted by molar-refractivity contribution is 0.818. The van der Waals surface area contributed by atoms with E-state index in [1.54, 1.807) is 0 Å². The lowest BCUT2D eigenvalue weighted by Gasteiger charge is -2.06. The Morgan fingerprint density at radius 1 is 1.15 bits per heavy atom. The fraction of sp³-hybridized carbons (Fsp3) is 0.364. The average molecular weight is 195 g/mol. The zero-order valence-electron chi connectivity index (χ0n) is 8.41. The van der Waals surface area contributed by atoms with Crippen molar-refractivity contribution in [1.82, 2.24) is 0 Å². The van der Waals surface area contributed by atoms with Crippen LogP contribution in [0.5, 0.6) is 0 Å². The van der Waals surface area contributed by atoms with E-state index in [0.29, 0.717) is 0 Å². The van der Waals surface area contributed by atoms with Crippen molar-refractivity contribution >= 4 is 19.2 Å². The molecule has 1 nitrogen and oxygen atoms in total. The van der Waals surface area contributed by atoms with E-state index in [1.165, 1.54) is 5.56 Å². The molecule has 0 amide bonds. The molecule has 0 unspecified atom stereocenters. The van der Waals surface area contributed by atoms with Crippen molar-refractivity contribution in [3.8, 4) is 0 Å². The average Bonchev–Trinajstić information content (AvgIpc) is 2.05. The molecule has 1 rings (SSSR count). The molecular weight excluding hydrogens is 178 g/mol. The smallest absolute Gasteiger partial charge is 0.0719 e. The SMILES string of the molecule is CC(C)=N[C@@H](C)c1ccccc1.S. The Morgan fingerprint density at radius 3 is 2.15 bits per heavy atom. The van der Waals surface area contributed by atoms with Crippen LogP contribution in [0.3, 0.4) is 0 Å². The quantitative estimate of drug-likeness (QED) is 0.642. The Kier molecular flexibility index (Phi) is 5.47. The summed E-state index contributed by atoms with van der Waals surface area (Å²) in [4.78, 5) is 4.46. The molecule has 1 aromatic carbocycles. The minimum atomic E-state index is 0. The highest BCUT2D eigenvalue weighted by molar-refractivity contribution is 7.59. The van der Waals surface area contributed by atoms with Crippen LogP contribution >= 0.6 is 13.5 Å². The van der Waals surface area contributed by atoms with Gasteiger partial charge in [0.25, 0.3) is 0 Å². The second kappa shape index (κ2) is 5.81. The zero-order chi connectivity index (χ0) is 8.97. The third kappa shape index (κ3) is 4.13. The van der Waals surface area contributed by atoms with Crippen molar-refractivity contribution in [2.45, 2.75) is 26.8 Å². The molecule has 0 saturated carbocycles. The van der Waals surface area contributed by atoms with Gasteiger partial charge in [-0.3, -0.25) is 4.99 Å². The highest BCUT2D eigenvalue weighted by Crippen LogP contribution is 2.15. The molecule has 1 aromatic rings. The van der Waals surface area contributed by atoms with Crippen molar-refractivity contribution in [2.24, 2.45) is 4.99 Å². The predicted molar refractivity (Wildman–Crippen MR) is 64.0 cm³/mol. The van der Waals surface area contributed by atoms with Gasteiger partial charge in [-0.05, 0) is 26.3 Å². The van der Waals surface area contributed by atoms with E-state index in [1.807, 2.05) is 32.0 Å². The molecule has 0 radical (unpaired) electrons. The van der Waals surface area contributed by atoms with E-state index in [4.69, 9.17) is 0 Å². The van der Waals surface area contributed by atoms with Gasteiger partial charge in [0, 0.05) is 5.71 Å². The molecule has 2 heteroatoms. The van der Waals surface area contributed by atoms with Crippen LogP contribution in [0.4, 0.5) is 0 Å². The van der Waals surface area contributed by atoms with Gasteiger partial charge in [-0.15, -0.1) is 0 Å². The number of rotatable bonds is 2. The summed E-state index contributed by atoms with van der Waals surface area (Å²) in [5, 5.41) is 0. The van der Waals surface area contributed by atoms with E-state index >= 15 is 0 Å². The van der Waals surface area contributed by atoms with Crippen LogP contribution in [-0.2, 0) is 0 Å². The Bertz CT molecular complexity index is 263. The summed E-state index contributed by atoms with van der Waals surface area (Å²) in [6, 6.07) is 10.6. The molecule has 72 valence electrons. The molecule has 0 aliphatic rings. The van der Waals surface area contributed by atoms with Gasteiger partial charge >= 0.3 is 0 Å². The first-order valence-corrected chi connectivity index (χ1v) is 4.26. The van der Waals surface area contributed by atoms with Crippen molar-refractivity contribution in [1.29, 1.82) is 0 Å². The lowest BCUT2D eigenvalue weighted by atomic mass is 10.1. The van der Waals surface area contributed by atoms with Gasteiger partial charge < -0.3 is 0 Å². The van der Waals surface area contributed by atoms with Crippen LogP contribution in [0.1, 0.15) is 32.4 Å². The normalized spacial score (nSPS) is 11.3. The van der Waals surface area contributed by atoms with Gasteiger partial charge in [-0.25, -0.2) is 0 Å². The number of hydrogen-bond donors (Lipinski definition) is 0. The molecule has 0 N–H and O–H groups in total. The standard InChI is InChI=1S/C11H15N.H2S/c1-9(2)12-10(3)11-7-5-4-6-8-11;/h4-8,10H,1-3H3;1H2/t10-;/m0./s1. The Labute approximate surface area is 87.3 Å². The second-order valence-electron chi connectivity index (χ2n) is 3.16. The van der Waals surface area contributed by atoms with Crippen molar-refractivity contribution in [3.05, 3.63) is 35.9 Å². The van der Waals surface area contributed by atoms with Crippen molar-refractivity contribution in [2.75, 3.05) is 0 Å². The van der Waals surface area contributed by atoms with Crippen LogP contribution in [0.2, 0.25) is 0 Å². The second-order valence-corrected chi connectivity index (χ2v) is 3.16. The van der Waals surface area contributed by atoms with Gasteiger partial charge in [-0.2, -0.15) is 13.5 Å². The molecule has 13 heavy (non-hydrogen) atoms.